The lowest BCUT2D eigenvalue weighted by molar-refractivity contribution is -0.124. The van der Waals surface area contributed by atoms with E-state index in [4.69, 9.17) is 4.74 Å². The molecule has 0 aliphatic carbocycles. The largest absolute Gasteiger partial charge is 0.491 e. The number of hydrogen-bond donors (Lipinski definition) is 3. The average molecular weight is 319 g/mol. The minimum atomic E-state index is -0.793. The first-order chi connectivity index (χ1) is 9.65. The van der Waals surface area contributed by atoms with Crippen molar-refractivity contribution in [2.24, 2.45) is 5.92 Å². The third-order valence-electron chi connectivity index (χ3n) is 3.20. The van der Waals surface area contributed by atoms with E-state index in [1.807, 2.05) is 0 Å². The van der Waals surface area contributed by atoms with Gasteiger partial charge in [-0.2, -0.15) is 0 Å². The molecule has 3 N–H and O–H groups in total. The Morgan fingerprint density at radius 1 is 1.48 bits per heavy atom. The quantitative estimate of drug-likeness (QED) is 0.722. The highest BCUT2D eigenvalue weighted by Gasteiger charge is 2.22. The van der Waals surface area contributed by atoms with Crippen LogP contribution in [0.2, 0.25) is 0 Å². The van der Waals surface area contributed by atoms with Crippen LogP contribution in [0.25, 0.3) is 0 Å². The molecule has 2 rings (SSSR count). The number of rotatable bonds is 6. The van der Waals surface area contributed by atoms with Gasteiger partial charge in [-0.15, -0.1) is 12.4 Å². The topological polar surface area (TPSA) is 70.6 Å². The van der Waals surface area contributed by atoms with Gasteiger partial charge in [0.25, 0.3) is 0 Å². The van der Waals surface area contributed by atoms with Crippen LogP contribution in [0.15, 0.2) is 24.3 Å². The Hall–Kier alpha value is -1.37. The Bertz CT molecular complexity index is 438. The van der Waals surface area contributed by atoms with Gasteiger partial charge < -0.3 is 20.5 Å². The van der Waals surface area contributed by atoms with Gasteiger partial charge >= 0.3 is 0 Å². The maximum Gasteiger partial charge on any atom is 0.224 e. The predicted octanol–water partition coefficient (Wildman–Crippen LogP) is 0.713. The zero-order chi connectivity index (χ0) is 14.4. The fourth-order valence-electron chi connectivity index (χ4n) is 2.02. The lowest BCUT2D eigenvalue weighted by Gasteiger charge is -2.15. The molecule has 2 unspecified atom stereocenters. The number of halogens is 2. The summed E-state index contributed by atoms with van der Waals surface area (Å²) in [5.74, 6) is 0.0863. The van der Waals surface area contributed by atoms with E-state index in [0.717, 1.165) is 13.0 Å². The number of carbonyl (C=O) groups excluding carboxylic acids is 1. The van der Waals surface area contributed by atoms with Gasteiger partial charge in [0.05, 0.1) is 5.92 Å². The molecule has 0 saturated carbocycles. The summed E-state index contributed by atoms with van der Waals surface area (Å²) >= 11 is 0. The first kappa shape index (κ1) is 17.7. The zero-order valence-electron chi connectivity index (χ0n) is 11.5. The third kappa shape index (κ3) is 5.87. The van der Waals surface area contributed by atoms with Gasteiger partial charge in [0, 0.05) is 13.1 Å². The first-order valence-corrected chi connectivity index (χ1v) is 6.70. The first-order valence-electron chi connectivity index (χ1n) is 6.70. The second-order valence-electron chi connectivity index (χ2n) is 4.85. The molecule has 1 aromatic carbocycles. The van der Waals surface area contributed by atoms with Crippen molar-refractivity contribution in [3.63, 3.8) is 0 Å². The molecular weight excluding hydrogens is 299 g/mol. The molecule has 7 heteroatoms. The van der Waals surface area contributed by atoms with Gasteiger partial charge in [0.2, 0.25) is 5.91 Å². The summed E-state index contributed by atoms with van der Waals surface area (Å²) in [6.07, 6.45) is 0.0342. The van der Waals surface area contributed by atoms with Crippen molar-refractivity contribution in [3.8, 4) is 5.75 Å². The van der Waals surface area contributed by atoms with Crippen LogP contribution in [0.1, 0.15) is 6.42 Å². The summed E-state index contributed by atoms with van der Waals surface area (Å²) in [5.41, 5.74) is 0. The average Bonchev–Trinajstić information content (AvgIpc) is 2.98. The van der Waals surface area contributed by atoms with E-state index < -0.39 is 6.10 Å². The summed E-state index contributed by atoms with van der Waals surface area (Å²) in [7, 11) is 0. The van der Waals surface area contributed by atoms with E-state index in [-0.39, 0.29) is 43.2 Å². The SMILES string of the molecule is Cl.O=C(NCC(O)COc1ccc(F)cc1)C1CCNC1. The molecule has 1 fully saturated rings. The molecule has 0 bridgehead atoms. The number of aliphatic hydroxyl groups is 1. The van der Waals surface area contributed by atoms with Crippen LogP contribution in [-0.4, -0.2) is 43.4 Å². The van der Waals surface area contributed by atoms with Crippen LogP contribution in [0, 0.1) is 11.7 Å². The molecule has 1 amide bonds. The van der Waals surface area contributed by atoms with Gasteiger partial charge in [-0.25, -0.2) is 4.39 Å². The highest BCUT2D eigenvalue weighted by molar-refractivity contribution is 5.85. The maximum atomic E-state index is 12.7. The Labute approximate surface area is 129 Å². The van der Waals surface area contributed by atoms with Gasteiger partial charge in [0.15, 0.2) is 0 Å². The Morgan fingerprint density at radius 2 is 2.19 bits per heavy atom. The van der Waals surface area contributed by atoms with E-state index in [0.29, 0.717) is 12.3 Å². The van der Waals surface area contributed by atoms with Crippen LogP contribution in [0.3, 0.4) is 0 Å². The van der Waals surface area contributed by atoms with E-state index in [9.17, 15) is 14.3 Å². The van der Waals surface area contributed by atoms with E-state index in [1.54, 1.807) is 0 Å². The van der Waals surface area contributed by atoms with Crippen molar-refractivity contribution in [2.45, 2.75) is 12.5 Å². The molecule has 5 nitrogen and oxygen atoms in total. The highest BCUT2D eigenvalue weighted by Crippen LogP contribution is 2.11. The normalized spacial score (nSPS) is 18.7. The fraction of sp³-hybridized carbons (Fsp3) is 0.500. The lowest BCUT2D eigenvalue weighted by Crippen LogP contribution is -2.39. The fourth-order valence-corrected chi connectivity index (χ4v) is 2.02. The summed E-state index contributed by atoms with van der Waals surface area (Å²) in [6, 6.07) is 5.56. The van der Waals surface area contributed by atoms with Crippen LogP contribution in [-0.2, 0) is 4.79 Å². The van der Waals surface area contributed by atoms with Crippen molar-refractivity contribution in [2.75, 3.05) is 26.2 Å². The van der Waals surface area contributed by atoms with Gasteiger partial charge in [-0.1, -0.05) is 0 Å². The van der Waals surface area contributed by atoms with Gasteiger partial charge in [0.1, 0.15) is 24.3 Å². The molecule has 0 spiro atoms. The van der Waals surface area contributed by atoms with Crippen LogP contribution in [0.5, 0.6) is 5.75 Å². The molecule has 1 aliphatic rings. The monoisotopic (exact) mass is 318 g/mol. The summed E-state index contributed by atoms with van der Waals surface area (Å²) in [5, 5.41) is 15.5. The van der Waals surface area contributed by atoms with Crippen LogP contribution < -0.4 is 15.4 Å². The molecule has 1 aromatic rings. The van der Waals surface area contributed by atoms with Gasteiger partial charge in [-0.3, -0.25) is 4.79 Å². The standard InChI is InChI=1S/C14H19FN2O3.ClH/c15-11-1-3-13(4-2-11)20-9-12(18)8-17-14(19)10-5-6-16-7-10;/h1-4,10,12,16,18H,5-9H2,(H,17,19);1H. The molecule has 1 saturated heterocycles. The second kappa shape index (κ2) is 8.81. The Morgan fingerprint density at radius 3 is 2.81 bits per heavy atom. The van der Waals surface area contributed by atoms with E-state index >= 15 is 0 Å². The molecule has 1 aliphatic heterocycles. The van der Waals surface area contributed by atoms with Crippen molar-refractivity contribution in [3.05, 3.63) is 30.1 Å². The molecule has 0 aromatic heterocycles. The van der Waals surface area contributed by atoms with Crippen molar-refractivity contribution < 1.29 is 19.0 Å². The number of ether oxygens (including phenoxy) is 1. The minimum Gasteiger partial charge on any atom is -0.491 e. The number of aliphatic hydroxyl groups excluding tert-OH is 1. The van der Waals surface area contributed by atoms with Crippen molar-refractivity contribution in [1.82, 2.24) is 10.6 Å². The number of benzene rings is 1. The maximum absolute atomic E-state index is 12.7. The highest BCUT2D eigenvalue weighted by atomic mass is 35.5. The number of nitrogens with one attached hydrogen (secondary N) is 2. The van der Waals surface area contributed by atoms with E-state index in [2.05, 4.69) is 10.6 Å². The number of carbonyl (C=O) groups is 1. The Balaban J connectivity index is 0.00000220. The molecule has 21 heavy (non-hydrogen) atoms. The summed E-state index contributed by atoms with van der Waals surface area (Å²) < 4.78 is 18.0. The molecule has 2 atom stereocenters. The van der Waals surface area contributed by atoms with Gasteiger partial charge in [-0.05, 0) is 37.2 Å². The summed E-state index contributed by atoms with van der Waals surface area (Å²) in [4.78, 5) is 11.7. The smallest absolute Gasteiger partial charge is 0.224 e. The zero-order valence-corrected chi connectivity index (χ0v) is 12.4. The minimum absolute atomic E-state index is 0. The predicted molar refractivity (Wildman–Crippen MR) is 79.1 cm³/mol. The Kier molecular flexibility index (Phi) is 7.42. The lowest BCUT2D eigenvalue weighted by atomic mass is 10.1. The molecule has 0 radical (unpaired) electrons. The van der Waals surface area contributed by atoms with Crippen LogP contribution >= 0.6 is 12.4 Å². The second-order valence-corrected chi connectivity index (χ2v) is 4.85. The summed E-state index contributed by atoms with van der Waals surface area (Å²) in [6.45, 7) is 1.74. The number of hydrogen-bond acceptors (Lipinski definition) is 4. The molecular formula is C14H20ClFN2O3. The van der Waals surface area contributed by atoms with Crippen molar-refractivity contribution in [1.29, 1.82) is 0 Å². The number of amides is 1. The molecule has 1 heterocycles. The van der Waals surface area contributed by atoms with Crippen LogP contribution in [0.4, 0.5) is 4.39 Å². The third-order valence-corrected chi connectivity index (χ3v) is 3.20. The van der Waals surface area contributed by atoms with E-state index in [1.165, 1.54) is 24.3 Å². The van der Waals surface area contributed by atoms with Crippen molar-refractivity contribution >= 4 is 18.3 Å². The molecule has 118 valence electrons.